The smallest absolute Gasteiger partial charge is 0.169 e. The summed E-state index contributed by atoms with van der Waals surface area (Å²) in [5.41, 5.74) is 1.90. The number of aryl methyl sites for hydroxylation is 1. The van der Waals surface area contributed by atoms with Crippen LogP contribution >= 0.6 is 0 Å². The van der Waals surface area contributed by atoms with Crippen LogP contribution in [0.4, 0.5) is 0 Å². The monoisotopic (exact) mass is 282 g/mol. The summed E-state index contributed by atoms with van der Waals surface area (Å²) in [6.45, 7) is 4.22. The van der Waals surface area contributed by atoms with Gasteiger partial charge in [0.1, 0.15) is 22.9 Å². The standard InChI is InChI=1S/C18H18O3/c1-10-4-3-5-12-9-16(21-18(10)12)17(19)15-7-6-14(20-15)13-8-11(13)2/h3-7,9,11,13,17,19H,8H2,1-2H3. The molecule has 1 aliphatic carbocycles. The Hall–Kier alpha value is -2.00. The summed E-state index contributed by atoms with van der Waals surface area (Å²) in [6.07, 6.45) is 0.326. The van der Waals surface area contributed by atoms with Gasteiger partial charge < -0.3 is 13.9 Å². The van der Waals surface area contributed by atoms with E-state index in [9.17, 15) is 5.11 Å². The van der Waals surface area contributed by atoms with Crippen molar-refractivity contribution in [2.75, 3.05) is 0 Å². The van der Waals surface area contributed by atoms with E-state index in [4.69, 9.17) is 8.83 Å². The SMILES string of the molecule is Cc1cccc2cc(C(O)c3ccc(C4CC4C)o3)oc12. The molecule has 1 aromatic carbocycles. The summed E-state index contributed by atoms with van der Waals surface area (Å²) in [5.74, 6) is 3.27. The topological polar surface area (TPSA) is 46.5 Å². The Bertz CT molecular complexity index is 796. The molecule has 3 heteroatoms. The maximum atomic E-state index is 10.5. The van der Waals surface area contributed by atoms with Crippen molar-refractivity contribution >= 4 is 11.0 Å². The lowest BCUT2D eigenvalue weighted by molar-refractivity contribution is 0.162. The van der Waals surface area contributed by atoms with Crippen LogP contribution in [0.3, 0.4) is 0 Å². The number of para-hydroxylation sites is 1. The Morgan fingerprint density at radius 3 is 2.67 bits per heavy atom. The van der Waals surface area contributed by atoms with Crippen molar-refractivity contribution in [1.29, 1.82) is 0 Å². The molecule has 0 spiro atoms. The lowest BCUT2D eigenvalue weighted by Crippen LogP contribution is -1.95. The van der Waals surface area contributed by atoms with Crippen LogP contribution in [0.5, 0.6) is 0 Å². The highest BCUT2D eigenvalue weighted by molar-refractivity contribution is 5.81. The molecule has 3 aromatic rings. The Morgan fingerprint density at radius 1 is 1.14 bits per heavy atom. The van der Waals surface area contributed by atoms with Crippen molar-refractivity contribution in [3.8, 4) is 0 Å². The molecule has 0 amide bonds. The van der Waals surface area contributed by atoms with E-state index in [1.165, 1.54) is 6.42 Å². The predicted octanol–water partition coefficient (Wildman–Crippen LogP) is 4.54. The molecule has 2 heterocycles. The van der Waals surface area contributed by atoms with Crippen LogP contribution < -0.4 is 0 Å². The van der Waals surface area contributed by atoms with E-state index < -0.39 is 6.10 Å². The minimum Gasteiger partial charge on any atom is -0.463 e. The lowest BCUT2D eigenvalue weighted by atomic mass is 10.1. The van der Waals surface area contributed by atoms with E-state index in [1.807, 2.05) is 43.3 Å². The van der Waals surface area contributed by atoms with Gasteiger partial charge in [0.2, 0.25) is 0 Å². The Morgan fingerprint density at radius 2 is 1.95 bits per heavy atom. The van der Waals surface area contributed by atoms with E-state index in [1.54, 1.807) is 0 Å². The Balaban J connectivity index is 1.67. The summed E-state index contributed by atoms with van der Waals surface area (Å²) in [7, 11) is 0. The van der Waals surface area contributed by atoms with Gasteiger partial charge in [-0.3, -0.25) is 0 Å². The summed E-state index contributed by atoms with van der Waals surface area (Å²) in [5, 5.41) is 11.5. The normalized spacial score (nSPS) is 22.6. The van der Waals surface area contributed by atoms with Crippen molar-refractivity contribution < 1.29 is 13.9 Å². The highest BCUT2D eigenvalue weighted by Gasteiger charge is 2.37. The Kier molecular flexibility index (Phi) is 2.73. The van der Waals surface area contributed by atoms with Gasteiger partial charge in [-0.05, 0) is 43.0 Å². The van der Waals surface area contributed by atoms with Crippen molar-refractivity contribution in [3.63, 3.8) is 0 Å². The molecule has 0 saturated heterocycles. The van der Waals surface area contributed by atoms with Gasteiger partial charge in [-0.15, -0.1) is 0 Å². The van der Waals surface area contributed by atoms with E-state index >= 15 is 0 Å². The molecule has 1 N–H and O–H groups in total. The average molecular weight is 282 g/mol. The number of furan rings is 2. The number of hydrogen-bond donors (Lipinski definition) is 1. The zero-order valence-electron chi connectivity index (χ0n) is 12.2. The van der Waals surface area contributed by atoms with Crippen LogP contribution in [0.15, 0.2) is 45.2 Å². The van der Waals surface area contributed by atoms with Gasteiger partial charge in [0.15, 0.2) is 6.10 Å². The second-order valence-corrected chi connectivity index (χ2v) is 6.10. The number of aliphatic hydroxyl groups excluding tert-OH is 1. The maximum Gasteiger partial charge on any atom is 0.169 e. The van der Waals surface area contributed by atoms with Crippen molar-refractivity contribution in [3.05, 3.63) is 59.2 Å². The molecule has 21 heavy (non-hydrogen) atoms. The van der Waals surface area contributed by atoms with Gasteiger partial charge in [0, 0.05) is 11.3 Å². The summed E-state index contributed by atoms with van der Waals surface area (Å²) in [6, 6.07) is 11.7. The lowest BCUT2D eigenvalue weighted by Gasteiger charge is -2.03. The van der Waals surface area contributed by atoms with Crippen LogP contribution in [0.1, 0.15) is 48.2 Å². The van der Waals surface area contributed by atoms with Crippen LogP contribution in [0, 0.1) is 12.8 Å². The van der Waals surface area contributed by atoms with Crippen molar-refractivity contribution in [1.82, 2.24) is 0 Å². The average Bonchev–Trinajstić information content (AvgIpc) is 2.94. The first kappa shape index (κ1) is 12.7. The van der Waals surface area contributed by atoms with E-state index in [0.29, 0.717) is 23.4 Å². The first-order chi connectivity index (χ1) is 10.1. The van der Waals surface area contributed by atoms with Gasteiger partial charge >= 0.3 is 0 Å². The zero-order chi connectivity index (χ0) is 14.6. The molecule has 2 aromatic heterocycles. The molecule has 1 fully saturated rings. The quantitative estimate of drug-likeness (QED) is 0.767. The van der Waals surface area contributed by atoms with Crippen molar-refractivity contribution in [2.24, 2.45) is 5.92 Å². The van der Waals surface area contributed by atoms with Crippen LogP contribution in [0.25, 0.3) is 11.0 Å². The molecule has 3 atom stereocenters. The molecule has 1 saturated carbocycles. The largest absolute Gasteiger partial charge is 0.463 e. The van der Waals surface area contributed by atoms with E-state index in [0.717, 1.165) is 22.3 Å². The summed E-state index contributed by atoms with van der Waals surface area (Å²) >= 11 is 0. The third-order valence-electron chi connectivity index (χ3n) is 4.42. The van der Waals surface area contributed by atoms with Crippen LogP contribution in [0.2, 0.25) is 0 Å². The fourth-order valence-electron chi connectivity index (χ4n) is 2.94. The molecular formula is C18H18O3. The van der Waals surface area contributed by atoms with Crippen molar-refractivity contribution in [2.45, 2.75) is 32.3 Å². The molecule has 1 aliphatic rings. The molecule has 4 rings (SSSR count). The molecule has 108 valence electrons. The highest BCUT2D eigenvalue weighted by Crippen LogP contribution is 2.48. The third-order valence-corrected chi connectivity index (χ3v) is 4.42. The molecular weight excluding hydrogens is 264 g/mol. The van der Waals surface area contributed by atoms with Gasteiger partial charge in [-0.2, -0.15) is 0 Å². The first-order valence-electron chi connectivity index (χ1n) is 7.40. The fourth-order valence-corrected chi connectivity index (χ4v) is 2.94. The number of rotatable bonds is 3. The summed E-state index contributed by atoms with van der Waals surface area (Å²) in [4.78, 5) is 0. The fraction of sp³-hybridized carbons (Fsp3) is 0.333. The number of aliphatic hydroxyl groups is 1. The highest BCUT2D eigenvalue weighted by atomic mass is 16.4. The minimum absolute atomic E-state index is 0.517. The number of benzene rings is 1. The predicted molar refractivity (Wildman–Crippen MR) is 80.2 cm³/mol. The minimum atomic E-state index is -0.848. The van der Waals surface area contributed by atoms with Gasteiger partial charge in [-0.1, -0.05) is 25.1 Å². The molecule has 0 bridgehead atoms. The second-order valence-electron chi connectivity index (χ2n) is 6.10. The summed E-state index contributed by atoms with van der Waals surface area (Å²) < 4.78 is 11.6. The van der Waals surface area contributed by atoms with Crippen LogP contribution in [-0.4, -0.2) is 5.11 Å². The van der Waals surface area contributed by atoms with E-state index in [-0.39, 0.29) is 0 Å². The second kappa shape index (κ2) is 4.50. The third kappa shape index (κ3) is 2.09. The van der Waals surface area contributed by atoms with E-state index in [2.05, 4.69) is 6.92 Å². The molecule has 0 aliphatic heterocycles. The number of hydrogen-bond acceptors (Lipinski definition) is 3. The maximum absolute atomic E-state index is 10.5. The number of fused-ring (bicyclic) bond motifs is 1. The van der Waals surface area contributed by atoms with Crippen LogP contribution in [-0.2, 0) is 0 Å². The Labute approximate surface area is 123 Å². The van der Waals surface area contributed by atoms with Gasteiger partial charge in [0.05, 0.1) is 0 Å². The van der Waals surface area contributed by atoms with Gasteiger partial charge in [0.25, 0.3) is 0 Å². The first-order valence-corrected chi connectivity index (χ1v) is 7.40. The molecule has 3 unspecified atom stereocenters. The zero-order valence-corrected chi connectivity index (χ0v) is 12.2. The van der Waals surface area contributed by atoms with Gasteiger partial charge in [-0.25, -0.2) is 0 Å². The molecule has 3 nitrogen and oxygen atoms in total. The molecule has 0 radical (unpaired) electrons.